The van der Waals surface area contributed by atoms with Crippen LogP contribution in [-0.4, -0.2) is 25.4 Å². The van der Waals surface area contributed by atoms with Gasteiger partial charge in [0, 0.05) is 5.56 Å². The van der Waals surface area contributed by atoms with Crippen molar-refractivity contribution in [3.8, 4) is 17.1 Å². The highest BCUT2D eigenvalue weighted by Crippen LogP contribution is 2.26. The average molecular weight is 401 g/mol. The summed E-state index contributed by atoms with van der Waals surface area (Å²) in [6.45, 7) is 8.31. The van der Waals surface area contributed by atoms with Crippen molar-refractivity contribution < 1.29 is 4.79 Å². The molecule has 4 aromatic rings. The number of amides is 1. The van der Waals surface area contributed by atoms with Gasteiger partial charge >= 0.3 is 5.69 Å². The van der Waals surface area contributed by atoms with Crippen molar-refractivity contribution in [1.82, 2.24) is 19.5 Å². The van der Waals surface area contributed by atoms with Gasteiger partial charge in [-0.1, -0.05) is 57.2 Å². The molecule has 0 radical (unpaired) electrons. The van der Waals surface area contributed by atoms with Gasteiger partial charge in [-0.3, -0.25) is 4.79 Å². The molecule has 7 heteroatoms. The number of hydrogen-bond donors (Lipinski definition) is 2. The molecule has 4 rings (SSSR count). The molecule has 7 nitrogen and oxygen atoms in total. The zero-order chi connectivity index (χ0) is 21.6. The fourth-order valence-corrected chi connectivity index (χ4v) is 3.46. The second-order valence-electron chi connectivity index (χ2n) is 8.34. The molecule has 0 atom stereocenters. The highest BCUT2D eigenvalue weighted by molar-refractivity contribution is 6.02. The van der Waals surface area contributed by atoms with Gasteiger partial charge in [-0.25, -0.2) is 19.3 Å². The van der Waals surface area contributed by atoms with E-state index in [4.69, 9.17) is 5.73 Å². The maximum Gasteiger partial charge on any atom is 0.332 e. The van der Waals surface area contributed by atoms with Crippen LogP contribution in [0.3, 0.4) is 0 Å². The zero-order valence-corrected chi connectivity index (χ0v) is 17.4. The second kappa shape index (κ2) is 6.95. The Morgan fingerprint density at radius 3 is 2.30 bits per heavy atom. The predicted molar refractivity (Wildman–Crippen MR) is 117 cm³/mol. The molecule has 0 saturated carbocycles. The van der Waals surface area contributed by atoms with Gasteiger partial charge in [-0.05, 0) is 35.6 Å². The summed E-state index contributed by atoms with van der Waals surface area (Å²) in [6.07, 6.45) is 0. The van der Waals surface area contributed by atoms with Crippen LogP contribution in [0.4, 0.5) is 0 Å². The van der Waals surface area contributed by atoms with E-state index in [1.165, 1.54) is 4.57 Å². The Morgan fingerprint density at radius 1 is 1.03 bits per heavy atom. The molecule has 0 spiro atoms. The molecule has 2 aromatic carbocycles. The van der Waals surface area contributed by atoms with Gasteiger partial charge in [0.15, 0.2) is 17.2 Å². The van der Waals surface area contributed by atoms with Gasteiger partial charge < -0.3 is 10.7 Å². The van der Waals surface area contributed by atoms with Gasteiger partial charge in [0.05, 0.1) is 5.69 Å². The molecule has 0 bridgehead atoms. The minimum Gasteiger partial charge on any atom is -0.364 e. The number of H-pyrrole nitrogens is 1. The number of nitrogens with one attached hydrogen (secondary N) is 1. The van der Waals surface area contributed by atoms with E-state index in [0.29, 0.717) is 17.2 Å². The highest BCUT2D eigenvalue weighted by Gasteiger charge is 2.21. The number of carbonyl (C=O) groups excluding carboxylic acids is 1. The number of hydrogen-bond acceptors (Lipinski definition) is 4. The minimum absolute atomic E-state index is 0.0109. The monoisotopic (exact) mass is 401 g/mol. The molecule has 0 fully saturated rings. The number of aromatic amines is 1. The first-order valence-corrected chi connectivity index (χ1v) is 9.66. The number of nitrogens with zero attached hydrogens (tertiary/aromatic N) is 3. The standard InChI is InChI=1S/C23H23N5O2/c1-13-7-5-6-8-16(13)20-25-17(19(24)29)18-21(27-20)28(22(30)26-18)15-11-9-14(10-12-15)23(2,3)4/h5-12H,1-4H3,(H2,24,29)(H,26,30). The molecule has 2 heterocycles. The summed E-state index contributed by atoms with van der Waals surface area (Å²) < 4.78 is 1.44. The SMILES string of the molecule is Cc1ccccc1-c1nc(C(N)=O)c2[nH]c(=O)n(-c3ccc(C(C)(C)C)cc3)c2n1. The lowest BCUT2D eigenvalue weighted by molar-refractivity contribution is 0.0997. The number of benzene rings is 2. The minimum atomic E-state index is -0.728. The summed E-state index contributed by atoms with van der Waals surface area (Å²) in [5.74, 6) is -0.387. The van der Waals surface area contributed by atoms with Crippen LogP contribution in [0.15, 0.2) is 53.3 Å². The van der Waals surface area contributed by atoms with Crippen molar-refractivity contribution in [2.75, 3.05) is 0 Å². The lowest BCUT2D eigenvalue weighted by Gasteiger charge is -2.19. The Morgan fingerprint density at radius 2 is 1.70 bits per heavy atom. The van der Waals surface area contributed by atoms with Crippen molar-refractivity contribution in [2.24, 2.45) is 5.73 Å². The molecule has 0 aliphatic carbocycles. The van der Waals surface area contributed by atoms with Crippen LogP contribution in [0.5, 0.6) is 0 Å². The van der Waals surface area contributed by atoms with Crippen molar-refractivity contribution in [3.63, 3.8) is 0 Å². The van der Waals surface area contributed by atoms with Gasteiger partial charge in [-0.15, -0.1) is 0 Å². The molecule has 3 N–H and O–H groups in total. The fourth-order valence-electron chi connectivity index (χ4n) is 3.46. The number of aromatic nitrogens is 4. The number of carbonyl (C=O) groups is 1. The number of primary amides is 1. The van der Waals surface area contributed by atoms with Crippen LogP contribution in [-0.2, 0) is 5.41 Å². The molecule has 0 aliphatic heterocycles. The maximum absolute atomic E-state index is 12.8. The summed E-state index contributed by atoms with van der Waals surface area (Å²) >= 11 is 0. The third-order valence-electron chi connectivity index (χ3n) is 5.15. The Balaban J connectivity index is 2.00. The Hall–Kier alpha value is -3.74. The van der Waals surface area contributed by atoms with E-state index in [0.717, 1.165) is 16.7 Å². The Labute approximate surface area is 173 Å². The summed E-state index contributed by atoms with van der Waals surface area (Å²) in [6, 6.07) is 15.3. The molecule has 0 saturated heterocycles. The lowest BCUT2D eigenvalue weighted by atomic mass is 9.87. The van der Waals surface area contributed by atoms with E-state index in [1.807, 2.05) is 55.5 Å². The van der Waals surface area contributed by atoms with Crippen molar-refractivity contribution >= 4 is 17.1 Å². The van der Waals surface area contributed by atoms with Crippen molar-refractivity contribution in [1.29, 1.82) is 0 Å². The topological polar surface area (TPSA) is 107 Å². The van der Waals surface area contributed by atoms with Crippen LogP contribution in [0.1, 0.15) is 42.4 Å². The first-order chi connectivity index (χ1) is 14.2. The van der Waals surface area contributed by atoms with Crippen molar-refractivity contribution in [3.05, 3.63) is 75.8 Å². The molecule has 152 valence electrons. The van der Waals surface area contributed by atoms with E-state index in [9.17, 15) is 9.59 Å². The van der Waals surface area contributed by atoms with E-state index >= 15 is 0 Å². The fraction of sp³-hybridized carbons (Fsp3) is 0.217. The van der Waals surface area contributed by atoms with Crippen LogP contribution in [0.2, 0.25) is 0 Å². The smallest absolute Gasteiger partial charge is 0.332 e. The van der Waals surface area contributed by atoms with Gasteiger partial charge in [0.2, 0.25) is 0 Å². The average Bonchev–Trinajstić information content (AvgIpc) is 3.02. The van der Waals surface area contributed by atoms with Crippen LogP contribution in [0, 0.1) is 6.92 Å². The van der Waals surface area contributed by atoms with E-state index in [-0.39, 0.29) is 16.6 Å². The van der Waals surface area contributed by atoms with Gasteiger partial charge in [-0.2, -0.15) is 0 Å². The van der Waals surface area contributed by atoms with Crippen LogP contribution < -0.4 is 11.4 Å². The highest BCUT2D eigenvalue weighted by atomic mass is 16.2. The number of nitrogens with two attached hydrogens (primary N) is 1. The largest absolute Gasteiger partial charge is 0.364 e. The Bertz CT molecular complexity index is 1320. The molecule has 1 amide bonds. The number of aryl methyl sites for hydroxylation is 1. The normalized spacial score (nSPS) is 11.7. The Kier molecular flexibility index (Phi) is 4.53. The third kappa shape index (κ3) is 3.28. The molecular weight excluding hydrogens is 378 g/mol. The second-order valence-corrected chi connectivity index (χ2v) is 8.34. The van der Waals surface area contributed by atoms with E-state index in [1.54, 1.807) is 0 Å². The first kappa shape index (κ1) is 19.6. The third-order valence-corrected chi connectivity index (χ3v) is 5.15. The summed E-state index contributed by atoms with van der Waals surface area (Å²) in [5, 5.41) is 0. The van der Waals surface area contributed by atoms with Crippen molar-refractivity contribution in [2.45, 2.75) is 33.1 Å². The lowest BCUT2D eigenvalue weighted by Crippen LogP contribution is -2.16. The predicted octanol–water partition coefficient (Wildman–Crippen LogP) is 3.48. The van der Waals surface area contributed by atoms with E-state index in [2.05, 4.69) is 35.7 Å². The number of fused-ring (bicyclic) bond motifs is 1. The number of rotatable bonds is 3. The maximum atomic E-state index is 12.8. The molecular formula is C23H23N5O2. The van der Waals surface area contributed by atoms with Crippen LogP contribution >= 0.6 is 0 Å². The molecule has 0 unspecified atom stereocenters. The summed E-state index contributed by atoms with van der Waals surface area (Å²) in [4.78, 5) is 36.6. The van der Waals surface area contributed by atoms with Gasteiger partial charge in [0.1, 0.15) is 5.52 Å². The summed E-state index contributed by atoms with van der Waals surface area (Å²) in [7, 11) is 0. The quantitative estimate of drug-likeness (QED) is 0.548. The molecule has 2 aromatic heterocycles. The van der Waals surface area contributed by atoms with Crippen LogP contribution in [0.25, 0.3) is 28.2 Å². The summed E-state index contributed by atoms with van der Waals surface area (Å²) in [5.41, 5.74) is 9.18. The first-order valence-electron chi connectivity index (χ1n) is 9.66. The van der Waals surface area contributed by atoms with Gasteiger partial charge in [0.25, 0.3) is 5.91 Å². The zero-order valence-electron chi connectivity index (χ0n) is 17.4. The molecule has 0 aliphatic rings. The molecule has 30 heavy (non-hydrogen) atoms. The number of imidazole rings is 1. The van der Waals surface area contributed by atoms with E-state index < -0.39 is 11.6 Å².